The van der Waals surface area contributed by atoms with Crippen molar-refractivity contribution in [1.82, 2.24) is 0 Å². The molecular weight excluding hydrogens is 146 g/mol. The van der Waals surface area contributed by atoms with E-state index >= 15 is 0 Å². The van der Waals surface area contributed by atoms with E-state index in [9.17, 15) is 0 Å². The summed E-state index contributed by atoms with van der Waals surface area (Å²) in [5.74, 6) is 0. The molecule has 0 heterocycles. The first-order chi connectivity index (χ1) is 5.58. The van der Waals surface area contributed by atoms with Gasteiger partial charge in [-0.05, 0) is 32.8 Å². The molecule has 0 bridgehead atoms. The van der Waals surface area contributed by atoms with Crippen molar-refractivity contribution in [3.05, 3.63) is 34.9 Å². The molecule has 12 heavy (non-hydrogen) atoms. The van der Waals surface area contributed by atoms with E-state index < -0.39 is 0 Å². The summed E-state index contributed by atoms with van der Waals surface area (Å²) >= 11 is 0. The van der Waals surface area contributed by atoms with Gasteiger partial charge in [0.25, 0.3) is 0 Å². The van der Waals surface area contributed by atoms with E-state index in [0.717, 1.165) is 6.42 Å². The quantitative estimate of drug-likeness (QED) is 0.710. The van der Waals surface area contributed by atoms with Gasteiger partial charge in [-0.25, -0.2) is 0 Å². The summed E-state index contributed by atoms with van der Waals surface area (Å²) in [5.41, 5.74) is 9.72. The van der Waals surface area contributed by atoms with E-state index in [2.05, 4.69) is 32.0 Å². The van der Waals surface area contributed by atoms with Crippen LogP contribution < -0.4 is 5.73 Å². The van der Waals surface area contributed by atoms with E-state index in [4.69, 9.17) is 5.73 Å². The van der Waals surface area contributed by atoms with Crippen molar-refractivity contribution < 1.29 is 0 Å². The zero-order valence-electron chi connectivity index (χ0n) is 8.09. The van der Waals surface area contributed by atoms with Gasteiger partial charge in [-0.3, -0.25) is 0 Å². The smallest absolute Gasteiger partial charge is 0.00509 e. The van der Waals surface area contributed by atoms with Crippen molar-refractivity contribution in [3.8, 4) is 0 Å². The van der Waals surface area contributed by atoms with Gasteiger partial charge in [0.1, 0.15) is 0 Å². The first kappa shape index (κ1) is 9.27. The van der Waals surface area contributed by atoms with E-state index in [-0.39, 0.29) is 6.04 Å². The Morgan fingerprint density at radius 1 is 1.17 bits per heavy atom. The highest BCUT2D eigenvalue weighted by atomic mass is 14.6. The zero-order valence-corrected chi connectivity index (χ0v) is 8.09. The van der Waals surface area contributed by atoms with Crippen LogP contribution in [0, 0.1) is 13.8 Å². The van der Waals surface area contributed by atoms with Gasteiger partial charge in [0, 0.05) is 6.04 Å². The topological polar surface area (TPSA) is 26.0 Å². The van der Waals surface area contributed by atoms with Crippen molar-refractivity contribution in [2.75, 3.05) is 0 Å². The van der Waals surface area contributed by atoms with Gasteiger partial charge in [-0.1, -0.05) is 29.3 Å². The summed E-state index contributed by atoms with van der Waals surface area (Å²) in [6.07, 6.45) is 0.975. The molecule has 1 nitrogen and oxygen atoms in total. The van der Waals surface area contributed by atoms with Gasteiger partial charge < -0.3 is 5.73 Å². The Morgan fingerprint density at radius 3 is 2.08 bits per heavy atom. The van der Waals surface area contributed by atoms with Crippen LogP contribution in [0.3, 0.4) is 0 Å². The van der Waals surface area contributed by atoms with Crippen molar-refractivity contribution in [2.24, 2.45) is 5.73 Å². The maximum Gasteiger partial charge on any atom is 0.00509 e. The minimum atomic E-state index is 0.256. The van der Waals surface area contributed by atoms with Crippen LogP contribution in [0.5, 0.6) is 0 Å². The molecule has 1 rings (SSSR count). The molecule has 0 unspecified atom stereocenters. The predicted octanol–water partition coefficient (Wildman–Crippen LogP) is 2.19. The third kappa shape index (κ3) is 2.67. The zero-order chi connectivity index (χ0) is 9.14. The van der Waals surface area contributed by atoms with Crippen molar-refractivity contribution in [2.45, 2.75) is 33.2 Å². The molecule has 0 aliphatic carbocycles. The Hall–Kier alpha value is -0.820. The molecule has 0 saturated heterocycles. The monoisotopic (exact) mass is 163 g/mol. The van der Waals surface area contributed by atoms with E-state index in [1.165, 1.54) is 16.7 Å². The molecule has 0 radical (unpaired) electrons. The van der Waals surface area contributed by atoms with Crippen LogP contribution in [0.1, 0.15) is 23.6 Å². The molecule has 0 aliphatic rings. The Bertz CT molecular complexity index is 243. The van der Waals surface area contributed by atoms with Crippen LogP contribution in [-0.4, -0.2) is 6.04 Å². The van der Waals surface area contributed by atoms with Crippen LogP contribution in [0.25, 0.3) is 0 Å². The number of hydrogen-bond donors (Lipinski definition) is 1. The maximum absolute atomic E-state index is 5.72. The van der Waals surface area contributed by atoms with Gasteiger partial charge in [-0.15, -0.1) is 0 Å². The molecule has 1 atom stereocenters. The van der Waals surface area contributed by atoms with Gasteiger partial charge in [-0.2, -0.15) is 0 Å². The first-order valence-electron chi connectivity index (χ1n) is 4.40. The lowest BCUT2D eigenvalue weighted by atomic mass is 10.0. The summed E-state index contributed by atoms with van der Waals surface area (Å²) in [4.78, 5) is 0. The number of hydrogen-bond acceptors (Lipinski definition) is 1. The van der Waals surface area contributed by atoms with Crippen LogP contribution in [0.2, 0.25) is 0 Å². The van der Waals surface area contributed by atoms with E-state index in [0.29, 0.717) is 0 Å². The predicted molar refractivity (Wildman–Crippen MR) is 53.3 cm³/mol. The average molecular weight is 163 g/mol. The second kappa shape index (κ2) is 3.72. The van der Waals surface area contributed by atoms with E-state index in [1.54, 1.807) is 0 Å². The van der Waals surface area contributed by atoms with Gasteiger partial charge >= 0.3 is 0 Å². The summed E-state index contributed by atoms with van der Waals surface area (Å²) in [5, 5.41) is 0. The lowest BCUT2D eigenvalue weighted by molar-refractivity contribution is 0.737. The Balaban J connectivity index is 2.85. The van der Waals surface area contributed by atoms with Crippen LogP contribution in [0.15, 0.2) is 18.2 Å². The summed E-state index contributed by atoms with van der Waals surface area (Å²) in [6.45, 7) is 6.28. The van der Waals surface area contributed by atoms with Crippen LogP contribution in [-0.2, 0) is 6.42 Å². The Labute approximate surface area is 74.6 Å². The average Bonchev–Trinajstić information content (AvgIpc) is 1.81. The minimum Gasteiger partial charge on any atom is -0.328 e. The largest absolute Gasteiger partial charge is 0.328 e. The summed E-state index contributed by atoms with van der Waals surface area (Å²) in [7, 11) is 0. The molecule has 0 fully saturated rings. The Morgan fingerprint density at radius 2 is 1.67 bits per heavy atom. The maximum atomic E-state index is 5.72. The van der Waals surface area contributed by atoms with Gasteiger partial charge in [0.2, 0.25) is 0 Å². The number of nitrogens with two attached hydrogens (primary N) is 1. The van der Waals surface area contributed by atoms with Crippen molar-refractivity contribution in [1.29, 1.82) is 0 Å². The summed E-state index contributed by atoms with van der Waals surface area (Å²) in [6, 6.07) is 6.85. The van der Waals surface area contributed by atoms with Crippen LogP contribution in [0.4, 0.5) is 0 Å². The third-order valence-corrected chi connectivity index (χ3v) is 1.84. The van der Waals surface area contributed by atoms with Gasteiger partial charge in [0.05, 0.1) is 0 Å². The molecule has 1 aromatic rings. The lowest BCUT2D eigenvalue weighted by Gasteiger charge is -2.07. The number of rotatable bonds is 2. The number of benzene rings is 1. The third-order valence-electron chi connectivity index (χ3n) is 1.84. The minimum absolute atomic E-state index is 0.256. The molecule has 0 aliphatic heterocycles. The molecular formula is C11H17N. The fraction of sp³-hybridized carbons (Fsp3) is 0.455. The molecule has 66 valence electrons. The van der Waals surface area contributed by atoms with Crippen LogP contribution >= 0.6 is 0 Å². The lowest BCUT2D eigenvalue weighted by Crippen LogP contribution is -2.17. The molecule has 2 N–H and O–H groups in total. The van der Waals surface area contributed by atoms with Crippen molar-refractivity contribution in [3.63, 3.8) is 0 Å². The second-order valence-corrected chi connectivity index (χ2v) is 3.68. The highest BCUT2D eigenvalue weighted by Crippen LogP contribution is 2.09. The summed E-state index contributed by atoms with van der Waals surface area (Å²) < 4.78 is 0. The fourth-order valence-electron chi connectivity index (χ4n) is 1.56. The second-order valence-electron chi connectivity index (χ2n) is 3.68. The molecule has 1 aromatic carbocycles. The van der Waals surface area contributed by atoms with E-state index in [1.807, 2.05) is 6.92 Å². The SMILES string of the molecule is Cc1cc(C)cc(C[C@H](C)N)c1. The molecule has 0 amide bonds. The molecule has 0 aromatic heterocycles. The standard InChI is InChI=1S/C11H17N/c1-8-4-9(2)6-11(5-8)7-10(3)12/h4-6,10H,7,12H2,1-3H3/t10-/m0/s1. The highest BCUT2D eigenvalue weighted by Gasteiger charge is 1.98. The molecule has 0 spiro atoms. The fourth-order valence-corrected chi connectivity index (χ4v) is 1.56. The first-order valence-corrected chi connectivity index (χ1v) is 4.40. The molecule has 1 heteroatoms. The number of aryl methyl sites for hydroxylation is 2. The van der Waals surface area contributed by atoms with Crippen molar-refractivity contribution >= 4 is 0 Å². The van der Waals surface area contributed by atoms with Gasteiger partial charge in [0.15, 0.2) is 0 Å². The highest BCUT2D eigenvalue weighted by molar-refractivity contribution is 5.28. The Kier molecular flexibility index (Phi) is 2.88. The normalized spacial score (nSPS) is 13.0. The molecule has 0 saturated carbocycles.